The highest BCUT2D eigenvalue weighted by Crippen LogP contribution is 2.26. The fourth-order valence-electron chi connectivity index (χ4n) is 1.70. The normalized spacial score (nSPS) is 20.6. The topological polar surface area (TPSA) is 66.3 Å². The Kier molecular flexibility index (Phi) is 3.20. The highest BCUT2D eigenvalue weighted by molar-refractivity contribution is 9.09. The SMILES string of the molecule is Cc1ncc(CO)c(N2CC(Br)CC2=O)n1. The number of halogens is 1. The van der Waals surface area contributed by atoms with Gasteiger partial charge in [0.25, 0.3) is 0 Å². The van der Waals surface area contributed by atoms with E-state index in [1.54, 1.807) is 18.0 Å². The standard InChI is InChI=1S/C10H12BrN3O2/c1-6-12-3-7(5-15)10(13-6)14-4-8(11)2-9(14)16/h3,8,15H,2,4-5H2,1H3. The van der Waals surface area contributed by atoms with Crippen LogP contribution in [0.4, 0.5) is 5.82 Å². The van der Waals surface area contributed by atoms with Gasteiger partial charge in [0.05, 0.1) is 6.61 Å². The van der Waals surface area contributed by atoms with Crippen LogP contribution in [0.15, 0.2) is 6.20 Å². The summed E-state index contributed by atoms with van der Waals surface area (Å²) in [5.74, 6) is 1.15. The second kappa shape index (κ2) is 4.47. The van der Waals surface area contributed by atoms with Crippen LogP contribution < -0.4 is 4.90 Å². The smallest absolute Gasteiger partial charge is 0.229 e. The van der Waals surface area contributed by atoms with Crippen molar-refractivity contribution in [3.63, 3.8) is 0 Å². The molecule has 5 nitrogen and oxygen atoms in total. The molecule has 1 atom stereocenters. The number of alkyl halides is 1. The Labute approximate surface area is 102 Å². The summed E-state index contributed by atoms with van der Waals surface area (Å²) in [5.41, 5.74) is 0.584. The predicted molar refractivity (Wildman–Crippen MR) is 62.4 cm³/mol. The van der Waals surface area contributed by atoms with Crippen molar-refractivity contribution in [2.75, 3.05) is 11.4 Å². The molecule has 1 amide bonds. The van der Waals surface area contributed by atoms with E-state index in [1.165, 1.54) is 0 Å². The Morgan fingerprint density at radius 1 is 1.69 bits per heavy atom. The summed E-state index contributed by atoms with van der Waals surface area (Å²) < 4.78 is 0. The second-order valence-corrected chi connectivity index (χ2v) is 5.02. The maximum absolute atomic E-state index is 11.7. The number of hydrogen-bond donors (Lipinski definition) is 1. The number of amides is 1. The highest BCUT2D eigenvalue weighted by Gasteiger charge is 2.31. The lowest BCUT2D eigenvalue weighted by Gasteiger charge is -2.17. The third-order valence-electron chi connectivity index (χ3n) is 2.47. The Bertz CT molecular complexity index is 425. The van der Waals surface area contributed by atoms with Gasteiger partial charge >= 0.3 is 0 Å². The molecule has 1 aliphatic rings. The number of aliphatic hydroxyl groups excluding tert-OH is 1. The van der Waals surface area contributed by atoms with E-state index >= 15 is 0 Å². The third-order valence-corrected chi connectivity index (χ3v) is 3.08. The van der Waals surface area contributed by atoms with Crippen molar-refractivity contribution in [2.24, 2.45) is 0 Å². The monoisotopic (exact) mass is 285 g/mol. The van der Waals surface area contributed by atoms with Crippen LogP contribution in [-0.2, 0) is 11.4 Å². The summed E-state index contributed by atoms with van der Waals surface area (Å²) in [6.07, 6.45) is 2.03. The Hall–Kier alpha value is -1.01. The van der Waals surface area contributed by atoms with E-state index < -0.39 is 0 Å². The first kappa shape index (κ1) is 11.5. The molecular weight excluding hydrogens is 274 g/mol. The van der Waals surface area contributed by atoms with Gasteiger partial charge in [-0.25, -0.2) is 9.97 Å². The lowest BCUT2D eigenvalue weighted by molar-refractivity contribution is -0.117. The van der Waals surface area contributed by atoms with Crippen LogP contribution in [0, 0.1) is 6.92 Å². The van der Waals surface area contributed by atoms with E-state index in [0.717, 1.165) is 0 Å². The van der Waals surface area contributed by atoms with Gasteiger partial charge in [-0.1, -0.05) is 15.9 Å². The third kappa shape index (κ3) is 2.08. The van der Waals surface area contributed by atoms with Crippen LogP contribution in [0.2, 0.25) is 0 Å². The molecule has 0 aromatic carbocycles. The van der Waals surface area contributed by atoms with Gasteiger partial charge in [0, 0.05) is 29.6 Å². The Morgan fingerprint density at radius 3 is 3.00 bits per heavy atom. The molecule has 1 aromatic rings. The van der Waals surface area contributed by atoms with Gasteiger partial charge in [0.15, 0.2) is 0 Å². The average Bonchev–Trinajstić information content (AvgIpc) is 2.57. The molecular formula is C10H12BrN3O2. The second-order valence-electron chi connectivity index (χ2n) is 3.73. The first-order valence-corrected chi connectivity index (χ1v) is 5.91. The van der Waals surface area contributed by atoms with E-state index in [-0.39, 0.29) is 17.3 Å². The van der Waals surface area contributed by atoms with Gasteiger partial charge in [-0.3, -0.25) is 9.69 Å². The Balaban J connectivity index is 2.39. The number of rotatable bonds is 2. The molecule has 2 heterocycles. The van der Waals surface area contributed by atoms with Gasteiger partial charge in [0.1, 0.15) is 11.6 Å². The molecule has 1 N–H and O–H groups in total. The van der Waals surface area contributed by atoms with Crippen molar-refractivity contribution in [3.8, 4) is 0 Å². The van der Waals surface area contributed by atoms with E-state index in [0.29, 0.717) is 30.2 Å². The van der Waals surface area contributed by atoms with Gasteiger partial charge in [-0.15, -0.1) is 0 Å². The molecule has 0 radical (unpaired) electrons. The number of aryl methyl sites for hydroxylation is 1. The molecule has 1 aromatic heterocycles. The summed E-state index contributed by atoms with van der Waals surface area (Å²) in [4.78, 5) is 21.7. The number of anilines is 1. The first-order valence-electron chi connectivity index (χ1n) is 4.99. The van der Waals surface area contributed by atoms with Gasteiger partial charge < -0.3 is 5.11 Å². The van der Waals surface area contributed by atoms with Crippen LogP contribution in [0.5, 0.6) is 0 Å². The molecule has 0 spiro atoms. The van der Waals surface area contributed by atoms with E-state index in [4.69, 9.17) is 0 Å². The van der Waals surface area contributed by atoms with E-state index in [1.807, 2.05) is 0 Å². The van der Waals surface area contributed by atoms with Crippen LogP contribution in [0.1, 0.15) is 17.8 Å². The van der Waals surface area contributed by atoms with Crippen molar-refractivity contribution in [3.05, 3.63) is 17.6 Å². The van der Waals surface area contributed by atoms with Crippen LogP contribution in [0.25, 0.3) is 0 Å². The van der Waals surface area contributed by atoms with Crippen LogP contribution >= 0.6 is 15.9 Å². The minimum atomic E-state index is -0.160. The summed E-state index contributed by atoms with van der Waals surface area (Å²) in [6.45, 7) is 2.19. The van der Waals surface area contributed by atoms with E-state index in [9.17, 15) is 9.90 Å². The lowest BCUT2D eigenvalue weighted by atomic mass is 10.3. The van der Waals surface area contributed by atoms with Gasteiger partial charge in [0.2, 0.25) is 5.91 Å². The zero-order valence-electron chi connectivity index (χ0n) is 8.85. The number of hydrogen-bond acceptors (Lipinski definition) is 4. The molecule has 1 fully saturated rings. The predicted octanol–water partition coefficient (Wildman–Crippen LogP) is 0.778. The first-order chi connectivity index (χ1) is 7.61. The molecule has 16 heavy (non-hydrogen) atoms. The summed E-state index contributed by atoms with van der Waals surface area (Å²) in [6, 6.07) is 0. The Morgan fingerprint density at radius 2 is 2.44 bits per heavy atom. The van der Waals surface area contributed by atoms with Crippen molar-refractivity contribution in [1.29, 1.82) is 0 Å². The fourth-order valence-corrected chi connectivity index (χ4v) is 2.26. The summed E-state index contributed by atoms with van der Waals surface area (Å²) in [7, 11) is 0. The van der Waals surface area contributed by atoms with Gasteiger partial charge in [-0.2, -0.15) is 0 Å². The van der Waals surface area contributed by atoms with Crippen LogP contribution in [-0.4, -0.2) is 32.4 Å². The number of carbonyl (C=O) groups is 1. The van der Waals surface area contributed by atoms with Crippen molar-refractivity contribution >= 4 is 27.7 Å². The summed E-state index contributed by atoms with van der Waals surface area (Å²) in [5, 5.41) is 9.19. The molecule has 0 aliphatic carbocycles. The minimum absolute atomic E-state index is 0.0228. The average molecular weight is 286 g/mol. The molecule has 0 bridgehead atoms. The van der Waals surface area contributed by atoms with Crippen molar-refractivity contribution in [2.45, 2.75) is 24.8 Å². The molecule has 6 heteroatoms. The maximum atomic E-state index is 11.7. The number of carbonyl (C=O) groups excluding carboxylic acids is 1. The number of aliphatic hydroxyl groups is 1. The fraction of sp³-hybridized carbons (Fsp3) is 0.500. The molecule has 1 aliphatic heterocycles. The van der Waals surface area contributed by atoms with Crippen molar-refractivity contribution < 1.29 is 9.90 Å². The van der Waals surface area contributed by atoms with Crippen molar-refractivity contribution in [1.82, 2.24) is 9.97 Å². The molecule has 1 saturated heterocycles. The molecule has 86 valence electrons. The maximum Gasteiger partial charge on any atom is 0.229 e. The molecule has 0 saturated carbocycles. The largest absolute Gasteiger partial charge is 0.391 e. The number of aromatic nitrogens is 2. The molecule has 1 unspecified atom stereocenters. The minimum Gasteiger partial charge on any atom is -0.391 e. The van der Waals surface area contributed by atoms with E-state index in [2.05, 4.69) is 25.9 Å². The highest BCUT2D eigenvalue weighted by atomic mass is 79.9. The summed E-state index contributed by atoms with van der Waals surface area (Å²) >= 11 is 3.41. The molecule has 2 rings (SSSR count). The zero-order valence-corrected chi connectivity index (χ0v) is 10.4. The van der Waals surface area contributed by atoms with Crippen LogP contribution in [0.3, 0.4) is 0 Å². The number of nitrogens with zero attached hydrogens (tertiary/aromatic N) is 3. The quantitative estimate of drug-likeness (QED) is 0.816. The lowest BCUT2D eigenvalue weighted by Crippen LogP contribution is -2.27. The zero-order chi connectivity index (χ0) is 11.7. The van der Waals surface area contributed by atoms with Gasteiger partial charge in [-0.05, 0) is 6.92 Å².